The molecule has 0 fully saturated rings. The molecule has 0 bridgehead atoms. The number of pyridine rings is 1. The molecule has 0 N–H and O–H groups in total. The third kappa shape index (κ3) is 2.13. The average molecular weight is 362 g/mol. The van der Waals surface area contributed by atoms with Crippen LogP contribution in [0.2, 0.25) is 5.02 Å². The Kier molecular flexibility index (Phi) is 3.24. The zero-order valence-electron chi connectivity index (χ0n) is 9.12. The Labute approximate surface area is 124 Å². The summed E-state index contributed by atoms with van der Waals surface area (Å²) >= 11 is 10.3. The van der Waals surface area contributed by atoms with Crippen molar-refractivity contribution in [3.8, 4) is 10.6 Å². The minimum absolute atomic E-state index is 0.154. The Balaban J connectivity index is 2.33. The van der Waals surface area contributed by atoms with E-state index in [9.17, 15) is 8.78 Å². The lowest BCUT2D eigenvalue weighted by Crippen LogP contribution is -1.85. The lowest BCUT2D eigenvalue weighted by molar-refractivity contribution is 0.628. The molecule has 0 amide bonds. The van der Waals surface area contributed by atoms with Gasteiger partial charge in [-0.25, -0.2) is 18.7 Å². The smallest absolute Gasteiger partial charge is 0.168 e. The van der Waals surface area contributed by atoms with Gasteiger partial charge in [0.05, 0.1) is 21.5 Å². The Morgan fingerprint density at radius 1 is 1.21 bits per heavy atom. The van der Waals surface area contributed by atoms with Crippen molar-refractivity contribution in [1.29, 1.82) is 0 Å². The third-order valence-corrected chi connectivity index (χ3v) is 4.77. The van der Waals surface area contributed by atoms with Crippen molar-refractivity contribution >= 4 is 49.1 Å². The highest BCUT2D eigenvalue weighted by Gasteiger charge is 2.17. The van der Waals surface area contributed by atoms with E-state index in [1.54, 1.807) is 6.07 Å². The molecule has 2 aromatic heterocycles. The first-order valence-corrected chi connectivity index (χ1v) is 7.11. The standard InChI is InChI=1S/C12H4BrClF2N2S/c13-11-10-9(7(16)4-17-11)18-12(19-10)8-5(14)2-1-3-6(8)15/h1-4H. The Morgan fingerprint density at radius 3 is 2.68 bits per heavy atom. The quantitative estimate of drug-likeness (QED) is 0.567. The molecule has 0 aliphatic rings. The van der Waals surface area contributed by atoms with Crippen molar-refractivity contribution in [3.63, 3.8) is 0 Å². The Morgan fingerprint density at radius 2 is 2.00 bits per heavy atom. The van der Waals surface area contributed by atoms with Crippen LogP contribution in [0.4, 0.5) is 8.78 Å². The fraction of sp³-hybridized carbons (Fsp3) is 0. The Bertz CT molecular complexity index is 731. The van der Waals surface area contributed by atoms with Crippen molar-refractivity contribution in [3.05, 3.63) is 45.7 Å². The van der Waals surface area contributed by atoms with Crippen LogP contribution in [0, 0.1) is 11.6 Å². The summed E-state index contributed by atoms with van der Waals surface area (Å²) in [5.74, 6) is -1.04. The molecule has 0 unspecified atom stereocenters. The molecule has 0 saturated heterocycles. The van der Waals surface area contributed by atoms with Gasteiger partial charge in [0.2, 0.25) is 0 Å². The number of thiazole rings is 1. The van der Waals surface area contributed by atoms with Crippen LogP contribution in [0.1, 0.15) is 0 Å². The molecular formula is C12H4BrClF2N2S. The van der Waals surface area contributed by atoms with Gasteiger partial charge >= 0.3 is 0 Å². The Hall–Kier alpha value is -1.11. The topological polar surface area (TPSA) is 25.8 Å². The van der Waals surface area contributed by atoms with Gasteiger partial charge in [-0.2, -0.15) is 0 Å². The van der Waals surface area contributed by atoms with Crippen molar-refractivity contribution in [2.75, 3.05) is 0 Å². The third-order valence-electron chi connectivity index (χ3n) is 2.51. The predicted molar refractivity (Wildman–Crippen MR) is 75.5 cm³/mol. The molecule has 0 aliphatic heterocycles. The van der Waals surface area contributed by atoms with E-state index in [-0.39, 0.29) is 16.1 Å². The lowest BCUT2D eigenvalue weighted by Gasteiger charge is -2.00. The van der Waals surface area contributed by atoms with Crippen LogP contribution in [-0.2, 0) is 0 Å². The van der Waals surface area contributed by atoms with Crippen LogP contribution in [0.3, 0.4) is 0 Å². The fourth-order valence-corrected chi connectivity index (χ4v) is 3.52. The number of aromatic nitrogens is 2. The molecular weight excluding hydrogens is 358 g/mol. The van der Waals surface area contributed by atoms with Crippen LogP contribution < -0.4 is 0 Å². The molecule has 19 heavy (non-hydrogen) atoms. The monoisotopic (exact) mass is 360 g/mol. The highest BCUT2D eigenvalue weighted by atomic mass is 79.9. The van der Waals surface area contributed by atoms with E-state index in [0.29, 0.717) is 14.3 Å². The highest BCUT2D eigenvalue weighted by molar-refractivity contribution is 9.10. The van der Waals surface area contributed by atoms with Crippen molar-refractivity contribution in [2.45, 2.75) is 0 Å². The fourth-order valence-electron chi connectivity index (χ4n) is 1.66. The molecule has 0 saturated carbocycles. The number of hydrogen-bond donors (Lipinski definition) is 0. The molecule has 1 aromatic carbocycles. The summed E-state index contributed by atoms with van der Waals surface area (Å²) in [6.45, 7) is 0. The van der Waals surface area contributed by atoms with Crippen LogP contribution >= 0.6 is 38.9 Å². The SMILES string of the molecule is Fc1cccc(Cl)c1-c1nc2c(F)cnc(Br)c2s1. The van der Waals surface area contributed by atoms with Crippen LogP contribution in [0.5, 0.6) is 0 Å². The summed E-state index contributed by atoms with van der Waals surface area (Å²) in [5.41, 5.74) is 0.331. The van der Waals surface area contributed by atoms with E-state index < -0.39 is 11.6 Å². The molecule has 2 heterocycles. The molecule has 0 aliphatic carbocycles. The maximum absolute atomic E-state index is 13.8. The molecule has 96 valence electrons. The number of fused-ring (bicyclic) bond motifs is 1. The molecule has 3 aromatic rings. The van der Waals surface area contributed by atoms with Gasteiger partial charge in [-0.3, -0.25) is 0 Å². The number of halogens is 4. The van der Waals surface area contributed by atoms with Crippen molar-refractivity contribution in [1.82, 2.24) is 9.97 Å². The van der Waals surface area contributed by atoms with E-state index in [1.807, 2.05) is 0 Å². The second-order valence-electron chi connectivity index (χ2n) is 3.69. The molecule has 0 spiro atoms. The van der Waals surface area contributed by atoms with E-state index in [1.165, 1.54) is 12.1 Å². The summed E-state index contributed by atoms with van der Waals surface area (Å²) in [4.78, 5) is 7.96. The van der Waals surface area contributed by atoms with Gasteiger partial charge in [-0.05, 0) is 28.1 Å². The van der Waals surface area contributed by atoms with Crippen LogP contribution in [0.15, 0.2) is 29.0 Å². The van der Waals surface area contributed by atoms with E-state index in [2.05, 4.69) is 25.9 Å². The van der Waals surface area contributed by atoms with Gasteiger partial charge < -0.3 is 0 Å². The minimum atomic E-state index is -0.548. The maximum Gasteiger partial charge on any atom is 0.168 e. The first-order valence-electron chi connectivity index (χ1n) is 5.13. The van der Waals surface area contributed by atoms with E-state index in [4.69, 9.17) is 11.6 Å². The first-order chi connectivity index (χ1) is 9.08. The predicted octanol–water partition coefficient (Wildman–Crippen LogP) is 5.05. The number of benzene rings is 1. The average Bonchev–Trinajstić information content (AvgIpc) is 2.80. The van der Waals surface area contributed by atoms with Gasteiger partial charge in [0.25, 0.3) is 0 Å². The van der Waals surface area contributed by atoms with Crippen LogP contribution in [-0.4, -0.2) is 9.97 Å². The number of hydrogen-bond acceptors (Lipinski definition) is 3. The largest absolute Gasteiger partial charge is 0.245 e. The molecule has 3 rings (SSSR count). The second-order valence-corrected chi connectivity index (χ2v) is 5.85. The molecule has 0 atom stereocenters. The molecule has 0 radical (unpaired) electrons. The number of nitrogens with zero attached hydrogens (tertiary/aromatic N) is 2. The van der Waals surface area contributed by atoms with E-state index in [0.717, 1.165) is 17.5 Å². The van der Waals surface area contributed by atoms with Gasteiger partial charge in [0, 0.05) is 0 Å². The summed E-state index contributed by atoms with van der Waals surface area (Å²) in [6.07, 6.45) is 1.07. The maximum atomic E-state index is 13.8. The van der Waals surface area contributed by atoms with E-state index >= 15 is 0 Å². The first kappa shape index (κ1) is 12.9. The summed E-state index contributed by atoms with van der Waals surface area (Å²) in [7, 11) is 0. The molecule has 7 heteroatoms. The molecule has 2 nitrogen and oxygen atoms in total. The van der Waals surface area contributed by atoms with Gasteiger partial charge in [-0.15, -0.1) is 11.3 Å². The minimum Gasteiger partial charge on any atom is -0.245 e. The van der Waals surface area contributed by atoms with Gasteiger partial charge in [0.1, 0.15) is 20.9 Å². The van der Waals surface area contributed by atoms with Gasteiger partial charge in [0.15, 0.2) is 5.82 Å². The van der Waals surface area contributed by atoms with Gasteiger partial charge in [-0.1, -0.05) is 17.7 Å². The highest BCUT2D eigenvalue weighted by Crippen LogP contribution is 2.38. The lowest BCUT2D eigenvalue weighted by atomic mass is 10.2. The van der Waals surface area contributed by atoms with Crippen molar-refractivity contribution in [2.24, 2.45) is 0 Å². The zero-order chi connectivity index (χ0) is 13.6. The second kappa shape index (κ2) is 4.77. The van der Waals surface area contributed by atoms with Crippen LogP contribution in [0.25, 0.3) is 20.8 Å². The normalized spacial score (nSPS) is 11.2. The van der Waals surface area contributed by atoms with Crippen molar-refractivity contribution < 1.29 is 8.78 Å². The number of rotatable bonds is 1. The zero-order valence-corrected chi connectivity index (χ0v) is 12.3. The summed E-state index contributed by atoms with van der Waals surface area (Å²) in [6, 6.07) is 4.36. The summed E-state index contributed by atoms with van der Waals surface area (Å²) < 4.78 is 28.5. The summed E-state index contributed by atoms with van der Waals surface area (Å²) in [5, 5.41) is 0.564.